The molecule has 0 bridgehead atoms. The van der Waals surface area contributed by atoms with Gasteiger partial charge in [-0.25, -0.2) is 4.79 Å². The van der Waals surface area contributed by atoms with Crippen molar-refractivity contribution in [1.29, 1.82) is 0 Å². The highest BCUT2D eigenvalue weighted by molar-refractivity contribution is 5.93. The number of carbonyl (C=O) groups is 2. The van der Waals surface area contributed by atoms with Gasteiger partial charge in [-0.1, -0.05) is 61.9 Å². The van der Waals surface area contributed by atoms with Gasteiger partial charge in [0.25, 0.3) is 0 Å². The number of urea groups is 1. The summed E-state index contributed by atoms with van der Waals surface area (Å²) >= 11 is 0. The van der Waals surface area contributed by atoms with Crippen LogP contribution in [0.4, 0.5) is 10.5 Å². The van der Waals surface area contributed by atoms with Crippen LogP contribution in [0.2, 0.25) is 0 Å². The molecule has 2 aromatic carbocycles. The summed E-state index contributed by atoms with van der Waals surface area (Å²) in [6.45, 7) is 3.91. The highest BCUT2D eigenvalue weighted by Gasteiger charge is 2.21. The number of anilines is 1. The van der Waals surface area contributed by atoms with Gasteiger partial charge in [0, 0.05) is 5.69 Å². The van der Waals surface area contributed by atoms with Crippen LogP contribution in [-0.2, 0) is 4.79 Å². The van der Waals surface area contributed by atoms with Crippen molar-refractivity contribution in [2.24, 2.45) is 0 Å². The summed E-state index contributed by atoms with van der Waals surface area (Å²) in [5, 5.41) is 8.47. The van der Waals surface area contributed by atoms with Gasteiger partial charge in [-0.2, -0.15) is 0 Å². The maximum absolute atomic E-state index is 12.6. The summed E-state index contributed by atoms with van der Waals surface area (Å²) in [5.74, 6) is -0.179. The fraction of sp³-hybridized carbons (Fsp3) is 0.300. The first kappa shape index (κ1) is 18.5. The van der Waals surface area contributed by atoms with Crippen molar-refractivity contribution in [3.05, 3.63) is 66.2 Å². The Morgan fingerprint density at radius 1 is 0.920 bits per heavy atom. The van der Waals surface area contributed by atoms with Gasteiger partial charge in [0.05, 0.1) is 6.04 Å². The third-order valence-corrected chi connectivity index (χ3v) is 3.89. The third-order valence-electron chi connectivity index (χ3n) is 3.89. The number of para-hydroxylation sites is 1. The van der Waals surface area contributed by atoms with Gasteiger partial charge in [0.2, 0.25) is 5.91 Å². The average molecular weight is 339 g/mol. The molecule has 0 unspecified atom stereocenters. The smallest absolute Gasteiger partial charge is 0.319 e. The van der Waals surface area contributed by atoms with Crippen molar-refractivity contribution >= 4 is 17.6 Å². The van der Waals surface area contributed by atoms with E-state index >= 15 is 0 Å². The van der Waals surface area contributed by atoms with Crippen LogP contribution in [-0.4, -0.2) is 18.0 Å². The van der Waals surface area contributed by atoms with Gasteiger partial charge in [0.1, 0.15) is 6.04 Å². The summed E-state index contributed by atoms with van der Waals surface area (Å²) < 4.78 is 0. The Bertz CT molecular complexity index is 674. The molecule has 0 aliphatic heterocycles. The second-order valence-corrected chi connectivity index (χ2v) is 5.95. The van der Waals surface area contributed by atoms with E-state index in [0.29, 0.717) is 12.1 Å². The minimum atomic E-state index is -0.570. The molecule has 3 amide bonds. The first-order chi connectivity index (χ1) is 12.1. The zero-order valence-corrected chi connectivity index (χ0v) is 14.7. The second kappa shape index (κ2) is 9.47. The zero-order chi connectivity index (χ0) is 18.1. The molecule has 0 aliphatic carbocycles. The van der Waals surface area contributed by atoms with E-state index in [1.165, 1.54) is 0 Å². The van der Waals surface area contributed by atoms with Gasteiger partial charge < -0.3 is 16.0 Å². The van der Waals surface area contributed by atoms with Gasteiger partial charge in [-0.05, 0) is 31.0 Å². The van der Waals surface area contributed by atoms with E-state index in [1.807, 2.05) is 62.4 Å². The molecule has 0 radical (unpaired) electrons. The summed E-state index contributed by atoms with van der Waals surface area (Å²) in [4.78, 5) is 24.7. The van der Waals surface area contributed by atoms with Crippen LogP contribution in [0.5, 0.6) is 0 Å². The maximum Gasteiger partial charge on any atom is 0.319 e. The molecule has 0 saturated carbocycles. The van der Waals surface area contributed by atoms with Gasteiger partial charge >= 0.3 is 6.03 Å². The highest BCUT2D eigenvalue weighted by Crippen LogP contribution is 2.12. The number of amides is 3. The lowest BCUT2D eigenvalue weighted by Crippen LogP contribution is -2.48. The summed E-state index contributed by atoms with van der Waals surface area (Å²) in [6.07, 6.45) is 1.37. The lowest BCUT2D eigenvalue weighted by atomic mass is 10.1. The maximum atomic E-state index is 12.6. The predicted molar refractivity (Wildman–Crippen MR) is 100 cm³/mol. The van der Waals surface area contributed by atoms with Crippen molar-refractivity contribution < 1.29 is 9.59 Å². The van der Waals surface area contributed by atoms with E-state index in [1.54, 1.807) is 12.1 Å². The zero-order valence-electron chi connectivity index (χ0n) is 14.7. The van der Waals surface area contributed by atoms with E-state index in [9.17, 15) is 9.59 Å². The Hall–Kier alpha value is -2.82. The fourth-order valence-electron chi connectivity index (χ4n) is 2.54. The van der Waals surface area contributed by atoms with Crippen LogP contribution in [0, 0.1) is 0 Å². The molecule has 5 nitrogen and oxygen atoms in total. The van der Waals surface area contributed by atoms with Gasteiger partial charge in [-0.3, -0.25) is 4.79 Å². The quantitative estimate of drug-likeness (QED) is 0.717. The van der Waals surface area contributed by atoms with Crippen LogP contribution in [0.25, 0.3) is 0 Å². The molecule has 2 aromatic rings. The van der Waals surface area contributed by atoms with Crippen molar-refractivity contribution in [3.8, 4) is 0 Å². The molecule has 25 heavy (non-hydrogen) atoms. The Kier molecular flexibility index (Phi) is 7.01. The SMILES string of the molecule is CCC[C@@H](NC(=O)Nc1ccccc1)C(=O)N[C@@H](C)c1ccccc1. The second-order valence-electron chi connectivity index (χ2n) is 5.95. The standard InChI is InChI=1S/C20H25N3O2/c1-3-10-18(23-20(25)22-17-13-8-5-9-14-17)19(24)21-15(2)16-11-6-4-7-12-16/h4-9,11-15,18H,3,10H2,1-2H3,(H,21,24)(H2,22,23,25)/t15-,18+/m0/s1. The van der Waals surface area contributed by atoms with Gasteiger partial charge in [0.15, 0.2) is 0 Å². The molecule has 3 N–H and O–H groups in total. The lowest BCUT2D eigenvalue weighted by molar-refractivity contribution is -0.123. The third kappa shape index (κ3) is 5.95. The minimum Gasteiger partial charge on any atom is -0.348 e. The molecule has 2 rings (SSSR count). The van der Waals surface area contributed by atoms with E-state index in [-0.39, 0.29) is 18.0 Å². The monoisotopic (exact) mass is 339 g/mol. The average Bonchev–Trinajstić information content (AvgIpc) is 2.62. The lowest BCUT2D eigenvalue weighted by Gasteiger charge is -2.21. The molecule has 0 heterocycles. The summed E-state index contributed by atoms with van der Waals surface area (Å²) in [6, 6.07) is 17.8. The first-order valence-electron chi connectivity index (χ1n) is 8.58. The number of nitrogens with one attached hydrogen (secondary N) is 3. The van der Waals surface area contributed by atoms with Crippen LogP contribution in [0.15, 0.2) is 60.7 Å². The first-order valence-corrected chi connectivity index (χ1v) is 8.58. The fourth-order valence-corrected chi connectivity index (χ4v) is 2.54. The summed E-state index contributed by atoms with van der Waals surface area (Å²) in [7, 11) is 0. The highest BCUT2D eigenvalue weighted by atomic mass is 16.2. The van der Waals surface area contributed by atoms with Crippen molar-refractivity contribution in [2.75, 3.05) is 5.32 Å². The van der Waals surface area contributed by atoms with Crippen LogP contribution in [0.3, 0.4) is 0 Å². The molecular weight excluding hydrogens is 314 g/mol. The number of benzene rings is 2. The molecule has 132 valence electrons. The van der Waals surface area contributed by atoms with Crippen LogP contribution < -0.4 is 16.0 Å². The Balaban J connectivity index is 1.94. The molecule has 0 spiro atoms. The van der Waals surface area contributed by atoms with Crippen molar-refractivity contribution in [2.45, 2.75) is 38.8 Å². The number of hydrogen-bond acceptors (Lipinski definition) is 2. The Labute approximate surface area is 148 Å². The molecule has 0 saturated heterocycles. The largest absolute Gasteiger partial charge is 0.348 e. The summed E-state index contributed by atoms with van der Waals surface area (Å²) in [5.41, 5.74) is 1.72. The van der Waals surface area contributed by atoms with Crippen molar-refractivity contribution in [3.63, 3.8) is 0 Å². The molecule has 5 heteroatoms. The van der Waals surface area contributed by atoms with Gasteiger partial charge in [-0.15, -0.1) is 0 Å². The molecule has 0 aromatic heterocycles. The normalized spacial score (nSPS) is 12.7. The number of carbonyl (C=O) groups excluding carboxylic acids is 2. The van der Waals surface area contributed by atoms with E-state index in [2.05, 4.69) is 16.0 Å². The topological polar surface area (TPSA) is 70.2 Å². The Morgan fingerprint density at radius 3 is 2.12 bits per heavy atom. The van der Waals surface area contributed by atoms with Crippen molar-refractivity contribution in [1.82, 2.24) is 10.6 Å². The molecule has 2 atom stereocenters. The number of rotatable bonds is 7. The number of hydrogen-bond donors (Lipinski definition) is 3. The van der Waals surface area contributed by atoms with Crippen LogP contribution in [0.1, 0.15) is 38.3 Å². The minimum absolute atomic E-state index is 0.118. The molecular formula is C20H25N3O2. The predicted octanol–water partition coefficient (Wildman–Crippen LogP) is 3.85. The van der Waals surface area contributed by atoms with E-state index in [0.717, 1.165) is 12.0 Å². The van der Waals surface area contributed by atoms with Crippen LogP contribution >= 0.6 is 0 Å². The Morgan fingerprint density at radius 2 is 1.52 bits per heavy atom. The molecule has 0 aliphatic rings. The van der Waals surface area contributed by atoms with E-state index < -0.39 is 6.04 Å². The molecule has 0 fully saturated rings. The van der Waals surface area contributed by atoms with E-state index in [4.69, 9.17) is 0 Å².